The third-order valence-electron chi connectivity index (χ3n) is 3.31. The topological polar surface area (TPSA) is 92.1 Å². The van der Waals surface area contributed by atoms with Crippen LogP contribution in [-0.2, 0) is 16.4 Å². The molecule has 1 aliphatic rings. The number of aromatic nitrogens is 2. The van der Waals surface area contributed by atoms with Crippen molar-refractivity contribution in [2.75, 3.05) is 22.3 Å². The average Bonchev–Trinajstić information content (AvgIpc) is 2.96. The minimum Gasteiger partial charge on any atom is -0.399 e. The number of nitrogens with two attached hydrogens (primary N) is 1. The van der Waals surface area contributed by atoms with Gasteiger partial charge in [-0.25, -0.2) is 4.98 Å². The molecule has 112 valence electrons. The fourth-order valence-electron chi connectivity index (χ4n) is 2.23. The predicted octanol–water partition coefficient (Wildman–Crippen LogP) is 1.86. The second-order valence-electron chi connectivity index (χ2n) is 4.70. The van der Waals surface area contributed by atoms with E-state index in [1.165, 1.54) is 10.5 Å². The SMILES string of the molecule is CCc1ncc(S(=O)(=O)N2CCSc3ccc(N)cc32)[nH]1. The maximum atomic E-state index is 12.8. The molecule has 6 nitrogen and oxygen atoms in total. The molecule has 2 heterocycles. The molecule has 0 fully saturated rings. The number of H-pyrrole nitrogens is 1. The molecule has 1 aliphatic heterocycles. The Morgan fingerprint density at radius 3 is 3.00 bits per heavy atom. The molecule has 0 amide bonds. The molecule has 0 spiro atoms. The number of benzene rings is 1. The first-order chi connectivity index (χ1) is 10.0. The zero-order chi connectivity index (χ0) is 15.0. The van der Waals surface area contributed by atoms with E-state index in [1.54, 1.807) is 23.9 Å². The highest BCUT2D eigenvalue weighted by Crippen LogP contribution is 2.38. The number of nitrogens with one attached hydrogen (secondary N) is 1. The molecular formula is C13H16N4O2S2. The molecule has 0 saturated heterocycles. The van der Waals surface area contributed by atoms with Crippen molar-refractivity contribution in [3.8, 4) is 0 Å². The number of sulfonamides is 1. The molecule has 21 heavy (non-hydrogen) atoms. The van der Waals surface area contributed by atoms with Crippen molar-refractivity contribution in [3.05, 3.63) is 30.2 Å². The molecule has 0 radical (unpaired) electrons. The van der Waals surface area contributed by atoms with Crippen molar-refractivity contribution in [1.29, 1.82) is 0 Å². The number of rotatable bonds is 3. The van der Waals surface area contributed by atoms with Crippen LogP contribution in [0.2, 0.25) is 0 Å². The fourth-order valence-corrected chi connectivity index (χ4v) is 4.79. The number of anilines is 2. The number of imidazole rings is 1. The normalized spacial score (nSPS) is 15.0. The lowest BCUT2D eigenvalue weighted by Crippen LogP contribution is -2.35. The van der Waals surface area contributed by atoms with Gasteiger partial charge in [0.15, 0.2) is 5.03 Å². The summed E-state index contributed by atoms with van der Waals surface area (Å²) in [7, 11) is -3.64. The van der Waals surface area contributed by atoms with Crippen LogP contribution >= 0.6 is 11.8 Å². The highest BCUT2D eigenvalue weighted by atomic mass is 32.2. The van der Waals surface area contributed by atoms with Crippen LogP contribution in [0.15, 0.2) is 34.3 Å². The summed E-state index contributed by atoms with van der Waals surface area (Å²) < 4.78 is 27.0. The average molecular weight is 324 g/mol. The molecule has 1 aromatic heterocycles. The van der Waals surface area contributed by atoms with Crippen LogP contribution < -0.4 is 10.0 Å². The maximum Gasteiger partial charge on any atom is 0.281 e. The number of hydrogen-bond acceptors (Lipinski definition) is 5. The van der Waals surface area contributed by atoms with Gasteiger partial charge in [0.1, 0.15) is 5.82 Å². The summed E-state index contributed by atoms with van der Waals surface area (Å²) in [6.07, 6.45) is 2.04. The summed E-state index contributed by atoms with van der Waals surface area (Å²) in [6.45, 7) is 2.34. The van der Waals surface area contributed by atoms with E-state index in [-0.39, 0.29) is 5.03 Å². The largest absolute Gasteiger partial charge is 0.399 e. The minimum absolute atomic E-state index is 0.125. The second-order valence-corrected chi connectivity index (χ2v) is 7.67. The van der Waals surface area contributed by atoms with Crippen LogP contribution in [0.3, 0.4) is 0 Å². The van der Waals surface area contributed by atoms with E-state index >= 15 is 0 Å². The summed E-state index contributed by atoms with van der Waals surface area (Å²) in [5.41, 5.74) is 6.99. The number of fused-ring (bicyclic) bond motifs is 1. The fraction of sp³-hybridized carbons (Fsp3) is 0.308. The van der Waals surface area contributed by atoms with Gasteiger partial charge in [-0.15, -0.1) is 11.8 Å². The van der Waals surface area contributed by atoms with E-state index in [4.69, 9.17) is 5.73 Å². The third-order valence-corrected chi connectivity index (χ3v) is 6.08. The molecule has 8 heteroatoms. The van der Waals surface area contributed by atoms with Crippen LogP contribution in [-0.4, -0.2) is 30.7 Å². The van der Waals surface area contributed by atoms with Crippen molar-refractivity contribution in [1.82, 2.24) is 9.97 Å². The van der Waals surface area contributed by atoms with E-state index in [1.807, 2.05) is 13.0 Å². The Labute approximate surface area is 127 Å². The molecular weight excluding hydrogens is 308 g/mol. The molecule has 0 aliphatic carbocycles. The minimum atomic E-state index is -3.64. The van der Waals surface area contributed by atoms with Crippen LogP contribution in [0.4, 0.5) is 11.4 Å². The zero-order valence-electron chi connectivity index (χ0n) is 11.5. The van der Waals surface area contributed by atoms with Gasteiger partial charge in [0.2, 0.25) is 0 Å². The molecule has 0 atom stereocenters. The second kappa shape index (κ2) is 5.27. The van der Waals surface area contributed by atoms with Gasteiger partial charge in [-0.1, -0.05) is 6.92 Å². The van der Waals surface area contributed by atoms with Crippen molar-refractivity contribution >= 4 is 33.2 Å². The van der Waals surface area contributed by atoms with Gasteiger partial charge in [-0.05, 0) is 18.2 Å². The number of nitrogens with zero attached hydrogens (tertiary/aromatic N) is 2. The number of nitrogen functional groups attached to an aromatic ring is 1. The van der Waals surface area contributed by atoms with Crippen LogP contribution in [0.25, 0.3) is 0 Å². The summed E-state index contributed by atoms with van der Waals surface area (Å²) in [5, 5.41) is 0.125. The Morgan fingerprint density at radius 2 is 2.29 bits per heavy atom. The lowest BCUT2D eigenvalue weighted by molar-refractivity contribution is 0.588. The van der Waals surface area contributed by atoms with Gasteiger partial charge < -0.3 is 10.7 Å². The summed E-state index contributed by atoms with van der Waals surface area (Å²) in [4.78, 5) is 7.87. The van der Waals surface area contributed by atoms with Crippen LogP contribution in [0.5, 0.6) is 0 Å². The molecule has 3 N–H and O–H groups in total. The predicted molar refractivity (Wildman–Crippen MR) is 84.1 cm³/mol. The molecule has 3 rings (SSSR count). The van der Waals surface area contributed by atoms with Gasteiger partial charge in [-0.3, -0.25) is 4.31 Å². The van der Waals surface area contributed by atoms with Crippen LogP contribution in [0, 0.1) is 0 Å². The standard InChI is InChI=1S/C13H16N4O2S2/c1-2-12-15-8-13(16-12)21(18,19)17-5-6-20-11-4-3-9(14)7-10(11)17/h3-4,7-8H,2,5-6,14H2,1H3,(H,15,16). The van der Waals surface area contributed by atoms with Crippen molar-refractivity contribution in [2.24, 2.45) is 0 Å². The van der Waals surface area contributed by atoms with Crippen molar-refractivity contribution in [2.45, 2.75) is 23.3 Å². The first kappa shape index (κ1) is 14.3. The van der Waals surface area contributed by atoms with E-state index in [0.29, 0.717) is 35.9 Å². The van der Waals surface area contributed by atoms with Gasteiger partial charge in [0.05, 0.1) is 11.9 Å². The van der Waals surface area contributed by atoms with E-state index < -0.39 is 10.0 Å². The first-order valence-corrected chi connectivity index (χ1v) is 9.04. The molecule has 0 unspecified atom stereocenters. The Hall–Kier alpha value is -1.67. The van der Waals surface area contributed by atoms with E-state index in [0.717, 1.165) is 4.90 Å². The lowest BCUT2D eigenvalue weighted by atomic mass is 10.3. The van der Waals surface area contributed by atoms with Gasteiger partial charge in [0.25, 0.3) is 10.0 Å². The molecule has 0 bridgehead atoms. The molecule has 2 aromatic rings. The highest BCUT2D eigenvalue weighted by Gasteiger charge is 2.31. The number of aryl methyl sites for hydroxylation is 1. The summed E-state index contributed by atoms with van der Waals surface area (Å²) in [6, 6.07) is 5.35. The number of hydrogen-bond donors (Lipinski definition) is 2. The molecule has 1 aromatic carbocycles. The lowest BCUT2D eigenvalue weighted by Gasteiger charge is -2.29. The maximum absolute atomic E-state index is 12.8. The number of aromatic amines is 1. The quantitative estimate of drug-likeness (QED) is 0.841. The zero-order valence-corrected chi connectivity index (χ0v) is 13.2. The number of thioether (sulfide) groups is 1. The van der Waals surface area contributed by atoms with Gasteiger partial charge in [-0.2, -0.15) is 8.42 Å². The summed E-state index contributed by atoms with van der Waals surface area (Å²) >= 11 is 1.63. The highest BCUT2D eigenvalue weighted by molar-refractivity contribution is 8.00. The Bertz CT molecular complexity index is 770. The first-order valence-electron chi connectivity index (χ1n) is 6.61. The van der Waals surface area contributed by atoms with Crippen LogP contribution in [0.1, 0.15) is 12.7 Å². The monoisotopic (exact) mass is 324 g/mol. The Balaban J connectivity index is 2.07. The Morgan fingerprint density at radius 1 is 1.48 bits per heavy atom. The van der Waals surface area contributed by atoms with Crippen molar-refractivity contribution < 1.29 is 8.42 Å². The van der Waals surface area contributed by atoms with Crippen molar-refractivity contribution in [3.63, 3.8) is 0 Å². The smallest absolute Gasteiger partial charge is 0.281 e. The third kappa shape index (κ3) is 2.49. The Kier molecular flexibility index (Phi) is 3.58. The van der Waals surface area contributed by atoms with Gasteiger partial charge >= 0.3 is 0 Å². The van der Waals surface area contributed by atoms with Gasteiger partial charge in [0, 0.05) is 29.3 Å². The molecule has 0 saturated carbocycles. The van der Waals surface area contributed by atoms with E-state index in [2.05, 4.69) is 9.97 Å². The summed E-state index contributed by atoms with van der Waals surface area (Å²) in [5.74, 6) is 1.37. The van der Waals surface area contributed by atoms with E-state index in [9.17, 15) is 8.42 Å².